The maximum absolute atomic E-state index is 13.0. The van der Waals surface area contributed by atoms with Crippen molar-refractivity contribution in [2.75, 3.05) is 0 Å². The summed E-state index contributed by atoms with van der Waals surface area (Å²) in [5.41, 5.74) is 1.52. The molecule has 0 saturated carbocycles. The van der Waals surface area contributed by atoms with E-state index in [1.165, 1.54) is 0 Å². The zero-order chi connectivity index (χ0) is 15.7. The molecule has 2 aromatic carbocycles. The molecule has 0 atom stereocenters. The number of benzene rings is 2. The Hall–Kier alpha value is -1.59. The smallest absolute Gasteiger partial charge is 0.266 e. The SMILES string of the molecule is CC(C)Sc1nc2ccc(Br)cc2c(=O)n1-c1ccccc1. The van der Waals surface area contributed by atoms with Gasteiger partial charge in [-0.1, -0.05) is 59.7 Å². The number of para-hydroxylation sites is 1. The first-order valence-electron chi connectivity index (χ1n) is 7.00. The highest BCUT2D eigenvalue weighted by Gasteiger charge is 2.14. The lowest BCUT2D eigenvalue weighted by atomic mass is 10.2. The van der Waals surface area contributed by atoms with Crippen molar-refractivity contribution in [3.05, 3.63) is 63.4 Å². The van der Waals surface area contributed by atoms with Gasteiger partial charge >= 0.3 is 0 Å². The molecule has 3 aromatic rings. The van der Waals surface area contributed by atoms with E-state index in [1.54, 1.807) is 16.3 Å². The molecular formula is C17H15BrN2OS. The van der Waals surface area contributed by atoms with Gasteiger partial charge in [0.15, 0.2) is 5.16 Å². The van der Waals surface area contributed by atoms with Gasteiger partial charge in [0.2, 0.25) is 0 Å². The molecule has 0 aliphatic carbocycles. The van der Waals surface area contributed by atoms with Gasteiger partial charge in [-0.05, 0) is 30.3 Å². The van der Waals surface area contributed by atoms with Crippen LogP contribution < -0.4 is 5.56 Å². The molecule has 1 heterocycles. The fourth-order valence-electron chi connectivity index (χ4n) is 2.23. The summed E-state index contributed by atoms with van der Waals surface area (Å²) in [4.78, 5) is 17.7. The Kier molecular flexibility index (Phi) is 4.36. The van der Waals surface area contributed by atoms with Crippen LogP contribution in [-0.2, 0) is 0 Å². The normalized spacial score (nSPS) is 11.3. The largest absolute Gasteiger partial charge is 0.268 e. The van der Waals surface area contributed by atoms with E-state index in [2.05, 4.69) is 29.8 Å². The first-order chi connectivity index (χ1) is 10.6. The molecule has 0 radical (unpaired) electrons. The Bertz CT molecular complexity index is 875. The molecule has 0 spiro atoms. The highest BCUT2D eigenvalue weighted by molar-refractivity contribution is 9.10. The van der Waals surface area contributed by atoms with Crippen molar-refractivity contribution in [3.63, 3.8) is 0 Å². The first kappa shape index (κ1) is 15.3. The monoisotopic (exact) mass is 374 g/mol. The Morgan fingerprint density at radius 1 is 1.14 bits per heavy atom. The maximum Gasteiger partial charge on any atom is 0.266 e. The van der Waals surface area contributed by atoms with Crippen molar-refractivity contribution in [3.8, 4) is 5.69 Å². The molecule has 3 nitrogen and oxygen atoms in total. The van der Waals surface area contributed by atoms with Crippen molar-refractivity contribution < 1.29 is 0 Å². The van der Waals surface area contributed by atoms with Crippen LogP contribution >= 0.6 is 27.7 Å². The molecule has 0 amide bonds. The maximum atomic E-state index is 13.0. The number of fused-ring (bicyclic) bond motifs is 1. The van der Waals surface area contributed by atoms with Crippen LogP contribution in [0.4, 0.5) is 0 Å². The van der Waals surface area contributed by atoms with Gasteiger partial charge in [-0.2, -0.15) is 0 Å². The zero-order valence-electron chi connectivity index (χ0n) is 12.3. The second-order valence-corrected chi connectivity index (χ2v) is 7.66. The van der Waals surface area contributed by atoms with E-state index in [-0.39, 0.29) is 5.56 Å². The average Bonchev–Trinajstić information content (AvgIpc) is 2.49. The molecular weight excluding hydrogens is 360 g/mol. The standard InChI is InChI=1S/C17H15BrN2OS/c1-11(2)22-17-19-15-9-8-12(18)10-14(15)16(21)20(17)13-6-4-3-5-7-13/h3-11H,1-2H3. The van der Waals surface area contributed by atoms with Crippen LogP contribution in [0.2, 0.25) is 0 Å². The number of aromatic nitrogens is 2. The van der Waals surface area contributed by atoms with E-state index in [0.29, 0.717) is 10.6 Å². The lowest BCUT2D eigenvalue weighted by molar-refractivity contribution is 0.815. The Labute approximate surface area is 141 Å². The molecule has 0 unspecified atom stereocenters. The fraction of sp³-hybridized carbons (Fsp3) is 0.176. The first-order valence-corrected chi connectivity index (χ1v) is 8.68. The molecule has 5 heteroatoms. The predicted molar refractivity (Wildman–Crippen MR) is 96.0 cm³/mol. The van der Waals surface area contributed by atoms with Gasteiger partial charge in [-0.3, -0.25) is 9.36 Å². The third-order valence-electron chi connectivity index (χ3n) is 3.15. The summed E-state index contributed by atoms with van der Waals surface area (Å²) in [6, 6.07) is 15.3. The third kappa shape index (κ3) is 2.96. The van der Waals surface area contributed by atoms with Gasteiger partial charge in [-0.15, -0.1) is 0 Å². The highest BCUT2D eigenvalue weighted by atomic mass is 79.9. The van der Waals surface area contributed by atoms with Crippen LogP contribution in [-0.4, -0.2) is 14.8 Å². The number of hydrogen-bond donors (Lipinski definition) is 0. The average molecular weight is 375 g/mol. The van der Waals surface area contributed by atoms with E-state index in [4.69, 9.17) is 4.98 Å². The summed E-state index contributed by atoms with van der Waals surface area (Å²) in [5.74, 6) is 0. The summed E-state index contributed by atoms with van der Waals surface area (Å²) in [7, 11) is 0. The number of hydrogen-bond acceptors (Lipinski definition) is 3. The Balaban J connectivity index is 2.35. The third-order valence-corrected chi connectivity index (χ3v) is 4.60. The summed E-state index contributed by atoms with van der Waals surface area (Å²) in [5, 5.41) is 1.68. The van der Waals surface area contributed by atoms with Crippen molar-refractivity contribution in [1.29, 1.82) is 0 Å². The highest BCUT2D eigenvalue weighted by Crippen LogP contribution is 2.25. The molecule has 112 valence electrons. The van der Waals surface area contributed by atoms with Gasteiger partial charge in [0, 0.05) is 9.72 Å². The predicted octanol–water partition coefficient (Wildman–Crippen LogP) is 4.65. The van der Waals surface area contributed by atoms with Crippen LogP contribution in [0.15, 0.2) is 63.0 Å². The van der Waals surface area contributed by atoms with Gasteiger partial charge < -0.3 is 0 Å². The zero-order valence-corrected chi connectivity index (χ0v) is 14.7. The molecule has 0 fully saturated rings. The van der Waals surface area contributed by atoms with Crippen molar-refractivity contribution >= 4 is 38.6 Å². The second-order valence-electron chi connectivity index (χ2n) is 5.20. The minimum atomic E-state index is -0.0411. The van der Waals surface area contributed by atoms with Gasteiger partial charge in [0.25, 0.3) is 5.56 Å². The number of nitrogens with zero attached hydrogens (tertiary/aromatic N) is 2. The fourth-order valence-corrected chi connectivity index (χ4v) is 3.46. The summed E-state index contributed by atoms with van der Waals surface area (Å²) < 4.78 is 2.57. The molecule has 3 rings (SSSR count). The molecule has 0 N–H and O–H groups in total. The topological polar surface area (TPSA) is 34.9 Å². The Morgan fingerprint density at radius 3 is 2.55 bits per heavy atom. The van der Waals surface area contributed by atoms with Crippen molar-refractivity contribution in [1.82, 2.24) is 9.55 Å². The van der Waals surface area contributed by atoms with Crippen molar-refractivity contribution in [2.45, 2.75) is 24.3 Å². The second kappa shape index (κ2) is 6.26. The molecule has 1 aromatic heterocycles. The number of halogens is 1. The Morgan fingerprint density at radius 2 is 1.86 bits per heavy atom. The summed E-state index contributed by atoms with van der Waals surface area (Å²) in [6.07, 6.45) is 0. The quantitative estimate of drug-likeness (QED) is 0.494. The molecule has 0 saturated heterocycles. The van der Waals surface area contributed by atoms with Gasteiger partial charge in [0.05, 0.1) is 16.6 Å². The molecule has 0 bridgehead atoms. The van der Waals surface area contributed by atoms with Crippen LogP contribution in [0.25, 0.3) is 16.6 Å². The lowest BCUT2D eigenvalue weighted by Gasteiger charge is -2.14. The van der Waals surface area contributed by atoms with E-state index < -0.39 is 0 Å². The molecule has 22 heavy (non-hydrogen) atoms. The van der Waals surface area contributed by atoms with Crippen molar-refractivity contribution in [2.24, 2.45) is 0 Å². The lowest BCUT2D eigenvalue weighted by Crippen LogP contribution is -2.22. The van der Waals surface area contributed by atoms with Crippen LogP contribution in [0.5, 0.6) is 0 Å². The molecule has 0 aliphatic heterocycles. The van der Waals surface area contributed by atoms with E-state index in [1.807, 2.05) is 48.5 Å². The van der Waals surface area contributed by atoms with Crippen LogP contribution in [0.3, 0.4) is 0 Å². The number of rotatable bonds is 3. The van der Waals surface area contributed by atoms with E-state index in [9.17, 15) is 4.79 Å². The van der Waals surface area contributed by atoms with Crippen LogP contribution in [0, 0.1) is 0 Å². The summed E-state index contributed by atoms with van der Waals surface area (Å²) >= 11 is 5.02. The van der Waals surface area contributed by atoms with E-state index >= 15 is 0 Å². The van der Waals surface area contributed by atoms with Crippen LogP contribution in [0.1, 0.15) is 13.8 Å². The number of thioether (sulfide) groups is 1. The minimum absolute atomic E-state index is 0.0411. The van der Waals surface area contributed by atoms with E-state index in [0.717, 1.165) is 20.8 Å². The molecule has 0 aliphatic rings. The minimum Gasteiger partial charge on any atom is -0.268 e. The summed E-state index contributed by atoms with van der Waals surface area (Å²) in [6.45, 7) is 4.19. The van der Waals surface area contributed by atoms with Gasteiger partial charge in [-0.25, -0.2) is 4.98 Å². The van der Waals surface area contributed by atoms with Gasteiger partial charge in [0.1, 0.15) is 0 Å².